The van der Waals surface area contributed by atoms with E-state index in [9.17, 15) is 9.59 Å². The Morgan fingerprint density at radius 3 is 2.64 bits per heavy atom. The lowest BCUT2D eigenvalue weighted by Crippen LogP contribution is -2.24. The molecule has 3 aromatic rings. The Kier molecular flexibility index (Phi) is 6.20. The fourth-order valence-electron chi connectivity index (χ4n) is 2.20. The van der Waals surface area contributed by atoms with Crippen LogP contribution in [0.5, 0.6) is 11.5 Å². The van der Waals surface area contributed by atoms with E-state index in [1.54, 1.807) is 42.5 Å². The molecule has 0 fully saturated rings. The third kappa shape index (κ3) is 5.57. The van der Waals surface area contributed by atoms with Crippen molar-refractivity contribution in [3.63, 3.8) is 0 Å². The Hall–Kier alpha value is -3.87. The second-order valence-electron chi connectivity index (χ2n) is 5.83. The van der Waals surface area contributed by atoms with Gasteiger partial charge in [-0.2, -0.15) is 5.10 Å². The quantitative estimate of drug-likeness (QED) is 0.295. The highest BCUT2D eigenvalue weighted by Gasteiger charge is 2.11. The van der Waals surface area contributed by atoms with Crippen LogP contribution in [-0.2, 0) is 4.79 Å². The third-order valence-electron chi connectivity index (χ3n) is 3.58. The molecule has 0 spiro atoms. The number of nitrogens with one attached hydrogen (secondary N) is 1. The van der Waals surface area contributed by atoms with Gasteiger partial charge in [0.05, 0.1) is 12.5 Å². The van der Waals surface area contributed by atoms with Crippen LogP contribution < -0.4 is 14.9 Å². The molecule has 1 aromatic heterocycles. The van der Waals surface area contributed by atoms with E-state index in [2.05, 4.69) is 10.5 Å². The summed E-state index contributed by atoms with van der Waals surface area (Å²) in [7, 11) is 0. The number of hydrogen-bond donors (Lipinski definition) is 1. The van der Waals surface area contributed by atoms with E-state index in [-0.39, 0.29) is 12.4 Å². The first-order valence-electron chi connectivity index (χ1n) is 8.47. The lowest BCUT2D eigenvalue weighted by Gasteiger charge is -2.05. The smallest absolute Gasteiger partial charge is 0.379 e. The summed E-state index contributed by atoms with van der Waals surface area (Å²) in [4.78, 5) is 23.7. The molecule has 1 amide bonds. The first-order chi connectivity index (χ1) is 13.6. The van der Waals surface area contributed by atoms with Gasteiger partial charge in [-0.05, 0) is 48.9 Å². The van der Waals surface area contributed by atoms with Crippen LogP contribution >= 0.6 is 0 Å². The maximum absolute atomic E-state index is 11.9. The summed E-state index contributed by atoms with van der Waals surface area (Å²) in [6.07, 6.45) is 2.83. The van der Waals surface area contributed by atoms with Gasteiger partial charge in [-0.25, -0.2) is 10.2 Å². The van der Waals surface area contributed by atoms with Gasteiger partial charge in [0.2, 0.25) is 5.76 Å². The molecule has 1 heterocycles. The van der Waals surface area contributed by atoms with Crippen LogP contribution in [0, 0.1) is 6.92 Å². The van der Waals surface area contributed by atoms with Crippen molar-refractivity contribution < 1.29 is 23.5 Å². The minimum absolute atomic E-state index is 0.111. The zero-order valence-corrected chi connectivity index (χ0v) is 15.1. The molecule has 0 atom stereocenters. The van der Waals surface area contributed by atoms with Crippen LogP contribution in [0.15, 0.2) is 76.4 Å². The van der Waals surface area contributed by atoms with Gasteiger partial charge in [-0.3, -0.25) is 4.79 Å². The highest BCUT2D eigenvalue weighted by atomic mass is 16.5. The van der Waals surface area contributed by atoms with Crippen molar-refractivity contribution in [2.75, 3.05) is 6.61 Å². The number of aryl methyl sites for hydroxylation is 1. The largest absolute Gasteiger partial charge is 0.484 e. The molecule has 0 bridgehead atoms. The Bertz CT molecular complexity index is 963. The molecule has 0 aliphatic rings. The van der Waals surface area contributed by atoms with Gasteiger partial charge in [-0.15, -0.1) is 0 Å². The molecule has 142 valence electrons. The predicted molar refractivity (Wildman–Crippen MR) is 103 cm³/mol. The van der Waals surface area contributed by atoms with Crippen LogP contribution in [0.3, 0.4) is 0 Å². The zero-order chi connectivity index (χ0) is 19.8. The Balaban J connectivity index is 1.49. The first-order valence-corrected chi connectivity index (χ1v) is 8.47. The average Bonchev–Trinajstić information content (AvgIpc) is 3.23. The summed E-state index contributed by atoms with van der Waals surface area (Å²) in [6.45, 7) is 1.82. The SMILES string of the molecule is Cc1ccc(OCC(=O)N/N=C/c2cccc(OC(=O)c3ccco3)c2)cc1. The van der Waals surface area contributed by atoms with Gasteiger partial charge in [0.25, 0.3) is 5.91 Å². The fraction of sp³-hybridized carbons (Fsp3) is 0.0952. The average molecular weight is 378 g/mol. The fourth-order valence-corrected chi connectivity index (χ4v) is 2.20. The lowest BCUT2D eigenvalue weighted by atomic mass is 10.2. The normalized spacial score (nSPS) is 10.6. The molecule has 7 nitrogen and oxygen atoms in total. The lowest BCUT2D eigenvalue weighted by molar-refractivity contribution is -0.123. The summed E-state index contributed by atoms with van der Waals surface area (Å²) in [5.41, 5.74) is 4.13. The topological polar surface area (TPSA) is 90.1 Å². The number of amides is 1. The van der Waals surface area contributed by atoms with Crippen LogP contribution in [0.25, 0.3) is 0 Å². The van der Waals surface area contributed by atoms with Gasteiger partial charge in [0.15, 0.2) is 6.61 Å². The summed E-state index contributed by atoms with van der Waals surface area (Å²) in [5.74, 6) is 0.0629. The Labute approximate surface area is 161 Å². The van der Waals surface area contributed by atoms with Crippen molar-refractivity contribution in [1.29, 1.82) is 0 Å². The van der Waals surface area contributed by atoms with Gasteiger partial charge >= 0.3 is 5.97 Å². The summed E-state index contributed by atoms with van der Waals surface area (Å²) < 4.78 is 15.6. The van der Waals surface area contributed by atoms with Crippen LogP contribution in [0.1, 0.15) is 21.7 Å². The Morgan fingerprint density at radius 1 is 1.07 bits per heavy atom. The maximum Gasteiger partial charge on any atom is 0.379 e. The van der Waals surface area contributed by atoms with Crippen molar-refractivity contribution in [2.24, 2.45) is 5.10 Å². The van der Waals surface area contributed by atoms with Crippen LogP contribution in [0.4, 0.5) is 0 Å². The van der Waals surface area contributed by atoms with Crippen molar-refractivity contribution in [1.82, 2.24) is 5.43 Å². The van der Waals surface area contributed by atoms with E-state index in [0.717, 1.165) is 5.56 Å². The van der Waals surface area contributed by atoms with E-state index in [4.69, 9.17) is 13.9 Å². The molecule has 28 heavy (non-hydrogen) atoms. The van der Waals surface area contributed by atoms with E-state index in [1.807, 2.05) is 19.1 Å². The number of nitrogens with zero attached hydrogens (tertiary/aromatic N) is 1. The number of furan rings is 1. The number of rotatable bonds is 7. The highest BCUT2D eigenvalue weighted by Crippen LogP contribution is 2.14. The van der Waals surface area contributed by atoms with E-state index in [1.165, 1.54) is 18.5 Å². The number of carbonyl (C=O) groups is 2. The van der Waals surface area contributed by atoms with E-state index < -0.39 is 11.9 Å². The number of hydrogen-bond acceptors (Lipinski definition) is 6. The van der Waals surface area contributed by atoms with E-state index >= 15 is 0 Å². The molecular formula is C21H18N2O5. The summed E-state index contributed by atoms with van der Waals surface area (Å²) in [6, 6.07) is 17.2. The molecule has 0 unspecified atom stereocenters. The molecule has 0 aliphatic heterocycles. The van der Waals surface area contributed by atoms with Crippen molar-refractivity contribution in [3.05, 3.63) is 83.8 Å². The standard InChI is InChI=1S/C21H18N2O5/c1-15-7-9-17(10-8-15)27-14-20(24)23-22-13-16-4-2-5-18(12-16)28-21(25)19-6-3-11-26-19/h2-13H,14H2,1H3,(H,23,24)/b22-13+. The molecule has 0 saturated heterocycles. The monoisotopic (exact) mass is 378 g/mol. The third-order valence-corrected chi connectivity index (χ3v) is 3.58. The van der Waals surface area contributed by atoms with Gasteiger partial charge in [0.1, 0.15) is 11.5 Å². The molecule has 1 N–H and O–H groups in total. The van der Waals surface area contributed by atoms with Gasteiger partial charge in [-0.1, -0.05) is 29.8 Å². The first kappa shape index (κ1) is 18.9. The van der Waals surface area contributed by atoms with Crippen molar-refractivity contribution >= 4 is 18.1 Å². The molecule has 7 heteroatoms. The summed E-state index contributed by atoms with van der Waals surface area (Å²) >= 11 is 0. The second kappa shape index (κ2) is 9.18. The highest BCUT2D eigenvalue weighted by molar-refractivity contribution is 5.88. The number of benzene rings is 2. The zero-order valence-electron chi connectivity index (χ0n) is 15.1. The summed E-state index contributed by atoms with van der Waals surface area (Å²) in [5, 5.41) is 3.87. The number of hydrazone groups is 1. The molecule has 3 rings (SSSR count). The van der Waals surface area contributed by atoms with Gasteiger partial charge < -0.3 is 13.9 Å². The van der Waals surface area contributed by atoms with Crippen molar-refractivity contribution in [3.8, 4) is 11.5 Å². The van der Waals surface area contributed by atoms with Crippen LogP contribution in [0.2, 0.25) is 0 Å². The molecule has 0 aliphatic carbocycles. The molecular weight excluding hydrogens is 360 g/mol. The predicted octanol–water partition coefficient (Wildman–Crippen LogP) is 3.34. The molecule has 0 radical (unpaired) electrons. The number of ether oxygens (including phenoxy) is 2. The maximum atomic E-state index is 11.9. The number of carbonyl (C=O) groups excluding carboxylic acids is 2. The van der Waals surface area contributed by atoms with Crippen molar-refractivity contribution in [2.45, 2.75) is 6.92 Å². The molecule has 0 saturated carbocycles. The molecule has 2 aromatic carbocycles. The van der Waals surface area contributed by atoms with Gasteiger partial charge in [0, 0.05) is 0 Å². The minimum Gasteiger partial charge on any atom is -0.484 e. The van der Waals surface area contributed by atoms with Crippen LogP contribution in [-0.4, -0.2) is 24.7 Å². The Morgan fingerprint density at radius 2 is 1.89 bits per heavy atom. The second-order valence-corrected chi connectivity index (χ2v) is 5.83. The van der Waals surface area contributed by atoms with E-state index in [0.29, 0.717) is 17.1 Å². The number of esters is 1. The minimum atomic E-state index is -0.597.